The molecule has 25 heavy (non-hydrogen) atoms. The summed E-state index contributed by atoms with van der Waals surface area (Å²) < 4.78 is 0. The molecule has 2 rings (SSSR count). The summed E-state index contributed by atoms with van der Waals surface area (Å²) in [4.78, 5) is 24.2. The third-order valence-corrected chi connectivity index (χ3v) is 4.56. The highest BCUT2D eigenvalue weighted by Crippen LogP contribution is 2.18. The maximum Gasteiger partial charge on any atom is 0.239 e. The van der Waals surface area contributed by atoms with Gasteiger partial charge in [0.1, 0.15) is 0 Å². The second kappa shape index (κ2) is 8.62. The Bertz CT molecular complexity index is 739. The molecule has 0 spiro atoms. The lowest BCUT2D eigenvalue weighted by Crippen LogP contribution is -2.49. The molecule has 3 N–H and O–H groups in total. The van der Waals surface area contributed by atoms with E-state index in [2.05, 4.69) is 10.6 Å². The average molecular weight is 342 g/mol. The van der Waals surface area contributed by atoms with Crippen molar-refractivity contribution < 1.29 is 14.7 Å². The number of fused-ring (bicyclic) bond motifs is 1. The number of amides is 2. The van der Waals surface area contributed by atoms with Crippen LogP contribution >= 0.6 is 0 Å². The number of aliphatic hydroxyl groups is 1. The fourth-order valence-corrected chi connectivity index (χ4v) is 2.82. The summed E-state index contributed by atoms with van der Waals surface area (Å²) in [7, 11) is 0. The first-order valence-corrected chi connectivity index (χ1v) is 8.62. The van der Waals surface area contributed by atoms with Crippen molar-refractivity contribution in [1.29, 1.82) is 0 Å². The minimum Gasteiger partial charge on any atom is -0.396 e. The molecule has 134 valence electrons. The van der Waals surface area contributed by atoms with Gasteiger partial charge in [0.25, 0.3) is 0 Å². The monoisotopic (exact) mass is 342 g/mol. The van der Waals surface area contributed by atoms with E-state index in [-0.39, 0.29) is 31.4 Å². The molecule has 0 saturated carbocycles. The number of hydrogen-bond acceptors (Lipinski definition) is 3. The van der Waals surface area contributed by atoms with Crippen LogP contribution < -0.4 is 10.6 Å². The van der Waals surface area contributed by atoms with Gasteiger partial charge in [-0.1, -0.05) is 49.4 Å². The first kappa shape index (κ1) is 18.9. The van der Waals surface area contributed by atoms with E-state index in [1.54, 1.807) is 0 Å². The third-order valence-electron chi connectivity index (χ3n) is 4.56. The van der Waals surface area contributed by atoms with Crippen molar-refractivity contribution in [1.82, 2.24) is 10.6 Å². The fraction of sp³-hybridized carbons (Fsp3) is 0.400. The molecule has 0 radical (unpaired) electrons. The minimum absolute atomic E-state index is 0.0120. The molecule has 0 heterocycles. The summed E-state index contributed by atoms with van der Waals surface area (Å²) in [6.45, 7) is 3.79. The predicted molar refractivity (Wildman–Crippen MR) is 99.2 cm³/mol. The van der Waals surface area contributed by atoms with Crippen molar-refractivity contribution in [2.45, 2.75) is 38.6 Å². The molecule has 1 atom stereocenters. The first-order chi connectivity index (χ1) is 12.0. The Morgan fingerprint density at radius 3 is 2.52 bits per heavy atom. The molecule has 0 aromatic heterocycles. The zero-order valence-electron chi connectivity index (χ0n) is 14.8. The van der Waals surface area contributed by atoms with Crippen LogP contribution in [0.5, 0.6) is 0 Å². The molecule has 0 saturated heterocycles. The Balaban J connectivity index is 1.91. The molecule has 0 aliphatic heterocycles. The molecule has 0 fully saturated rings. The Morgan fingerprint density at radius 2 is 1.80 bits per heavy atom. The van der Waals surface area contributed by atoms with E-state index in [9.17, 15) is 9.59 Å². The standard InChI is InChI=1S/C20H26N2O3/c1-3-20(2,11-12-23)22-19(25)14-21-18(24)13-16-9-6-8-15-7-4-5-10-17(15)16/h4-10,23H,3,11-14H2,1-2H3,(H,21,24)(H,22,25). The van der Waals surface area contributed by atoms with Crippen LogP contribution in [0.4, 0.5) is 0 Å². The van der Waals surface area contributed by atoms with Gasteiger partial charge in [-0.15, -0.1) is 0 Å². The molecule has 2 aromatic rings. The van der Waals surface area contributed by atoms with Crippen molar-refractivity contribution in [2.75, 3.05) is 13.2 Å². The second-order valence-corrected chi connectivity index (χ2v) is 6.53. The van der Waals surface area contributed by atoms with Crippen LogP contribution in [-0.2, 0) is 16.0 Å². The van der Waals surface area contributed by atoms with Gasteiger partial charge in [-0.3, -0.25) is 9.59 Å². The quantitative estimate of drug-likeness (QED) is 0.688. The van der Waals surface area contributed by atoms with E-state index in [0.717, 1.165) is 16.3 Å². The lowest BCUT2D eigenvalue weighted by molar-refractivity contribution is -0.126. The first-order valence-electron chi connectivity index (χ1n) is 8.62. The van der Waals surface area contributed by atoms with E-state index in [1.165, 1.54) is 0 Å². The highest BCUT2D eigenvalue weighted by Gasteiger charge is 2.23. The van der Waals surface area contributed by atoms with Crippen LogP contribution in [0.1, 0.15) is 32.3 Å². The van der Waals surface area contributed by atoms with Gasteiger partial charge in [-0.2, -0.15) is 0 Å². The van der Waals surface area contributed by atoms with E-state index in [0.29, 0.717) is 12.8 Å². The molecule has 5 heteroatoms. The Kier molecular flexibility index (Phi) is 6.53. The Morgan fingerprint density at radius 1 is 1.08 bits per heavy atom. The van der Waals surface area contributed by atoms with Crippen LogP contribution in [0, 0.1) is 0 Å². The molecule has 0 aliphatic carbocycles. The SMILES string of the molecule is CCC(C)(CCO)NC(=O)CNC(=O)Cc1cccc2ccccc12. The van der Waals surface area contributed by atoms with E-state index >= 15 is 0 Å². The summed E-state index contributed by atoms with van der Waals surface area (Å²) in [6.07, 6.45) is 1.43. The number of hydrogen-bond donors (Lipinski definition) is 3. The number of aliphatic hydroxyl groups excluding tert-OH is 1. The highest BCUT2D eigenvalue weighted by atomic mass is 16.3. The lowest BCUT2D eigenvalue weighted by atomic mass is 9.95. The minimum atomic E-state index is -0.452. The number of carbonyl (C=O) groups excluding carboxylic acids is 2. The fourth-order valence-electron chi connectivity index (χ4n) is 2.82. The number of nitrogens with one attached hydrogen (secondary N) is 2. The van der Waals surface area contributed by atoms with E-state index in [4.69, 9.17) is 5.11 Å². The van der Waals surface area contributed by atoms with Gasteiger partial charge in [-0.05, 0) is 36.1 Å². The van der Waals surface area contributed by atoms with Crippen molar-refractivity contribution in [3.63, 3.8) is 0 Å². The van der Waals surface area contributed by atoms with Crippen LogP contribution in [0.3, 0.4) is 0 Å². The average Bonchev–Trinajstić information content (AvgIpc) is 2.60. The summed E-state index contributed by atoms with van der Waals surface area (Å²) >= 11 is 0. The van der Waals surface area contributed by atoms with Gasteiger partial charge < -0.3 is 15.7 Å². The summed E-state index contributed by atoms with van der Waals surface area (Å²) in [5.74, 6) is -0.434. The number of carbonyl (C=O) groups is 2. The van der Waals surface area contributed by atoms with E-state index in [1.807, 2.05) is 56.3 Å². The van der Waals surface area contributed by atoms with Gasteiger partial charge in [0.05, 0.1) is 13.0 Å². The normalized spacial score (nSPS) is 13.2. The number of benzene rings is 2. The van der Waals surface area contributed by atoms with Crippen LogP contribution in [-0.4, -0.2) is 35.6 Å². The zero-order valence-corrected chi connectivity index (χ0v) is 14.8. The second-order valence-electron chi connectivity index (χ2n) is 6.53. The summed E-state index contributed by atoms with van der Waals surface area (Å²) in [5.41, 5.74) is 0.487. The molecule has 5 nitrogen and oxygen atoms in total. The van der Waals surface area contributed by atoms with Gasteiger partial charge >= 0.3 is 0 Å². The van der Waals surface area contributed by atoms with Gasteiger partial charge in [0.2, 0.25) is 11.8 Å². The molecule has 1 unspecified atom stereocenters. The largest absolute Gasteiger partial charge is 0.396 e. The summed E-state index contributed by atoms with van der Waals surface area (Å²) in [6, 6.07) is 13.8. The van der Waals surface area contributed by atoms with Gasteiger partial charge in [0, 0.05) is 12.1 Å². The lowest BCUT2D eigenvalue weighted by Gasteiger charge is -2.29. The van der Waals surface area contributed by atoms with Crippen molar-refractivity contribution in [2.24, 2.45) is 0 Å². The molecular weight excluding hydrogens is 316 g/mol. The highest BCUT2D eigenvalue weighted by molar-refractivity contribution is 5.91. The molecule has 2 aromatic carbocycles. The maximum absolute atomic E-state index is 12.2. The smallest absolute Gasteiger partial charge is 0.239 e. The van der Waals surface area contributed by atoms with Crippen molar-refractivity contribution >= 4 is 22.6 Å². The molecule has 2 amide bonds. The van der Waals surface area contributed by atoms with Crippen LogP contribution in [0.15, 0.2) is 42.5 Å². The Labute approximate surface area is 148 Å². The third kappa shape index (κ3) is 5.29. The zero-order chi connectivity index (χ0) is 18.3. The molecular formula is C20H26N2O3. The predicted octanol–water partition coefficient (Wildman–Crippen LogP) is 2.17. The topological polar surface area (TPSA) is 78.4 Å². The van der Waals surface area contributed by atoms with Gasteiger partial charge in [-0.25, -0.2) is 0 Å². The van der Waals surface area contributed by atoms with Crippen LogP contribution in [0.2, 0.25) is 0 Å². The van der Waals surface area contributed by atoms with E-state index < -0.39 is 5.54 Å². The van der Waals surface area contributed by atoms with Crippen molar-refractivity contribution in [3.8, 4) is 0 Å². The molecule has 0 aliphatic rings. The number of rotatable bonds is 8. The molecule has 0 bridgehead atoms. The Hall–Kier alpha value is -2.40. The maximum atomic E-state index is 12.2. The van der Waals surface area contributed by atoms with Gasteiger partial charge in [0.15, 0.2) is 0 Å². The van der Waals surface area contributed by atoms with Crippen LogP contribution in [0.25, 0.3) is 10.8 Å². The van der Waals surface area contributed by atoms with Crippen molar-refractivity contribution in [3.05, 3.63) is 48.0 Å². The summed E-state index contributed by atoms with van der Waals surface area (Å²) in [5, 5.41) is 16.8.